The molecule has 1 atom stereocenters. The summed E-state index contributed by atoms with van der Waals surface area (Å²) in [7, 11) is 1.97. The Morgan fingerprint density at radius 2 is 2.58 bits per heavy atom. The zero-order valence-electron chi connectivity index (χ0n) is 7.41. The molecule has 1 rings (SSSR count). The van der Waals surface area contributed by atoms with E-state index < -0.39 is 0 Å². The molecule has 0 aromatic carbocycles. The molecule has 0 saturated carbocycles. The fraction of sp³-hybridized carbons (Fsp3) is 0.625. The van der Waals surface area contributed by atoms with Gasteiger partial charge >= 0.3 is 0 Å². The van der Waals surface area contributed by atoms with Crippen molar-refractivity contribution in [2.45, 2.75) is 24.6 Å². The van der Waals surface area contributed by atoms with Crippen molar-refractivity contribution in [3.05, 3.63) is 12.5 Å². The maximum absolute atomic E-state index is 5.08. The lowest BCUT2D eigenvalue weighted by Gasteiger charge is -2.07. The summed E-state index contributed by atoms with van der Waals surface area (Å²) in [6, 6.07) is 0.562. The first-order chi connectivity index (χ1) is 5.83. The van der Waals surface area contributed by atoms with Crippen LogP contribution >= 0.6 is 11.8 Å². The van der Waals surface area contributed by atoms with E-state index in [2.05, 4.69) is 17.2 Å². The van der Waals surface area contributed by atoms with E-state index in [0.717, 1.165) is 17.4 Å². The van der Waals surface area contributed by atoms with Crippen molar-refractivity contribution < 1.29 is 4.42 Å². The minimum Gasteiger partial charge on any atom is -0.440 e. The summed E-state index contributed by atoms with van der Waals surface area (Å²) < 4.78 is 5.08. The lowest BCUT2D eigenvalue weighted by Crippen LogP contribution is -2.21. The van der Waals surface area contributed by atoms with Crippen LogP contribution in [0.1, 0.15) is 13.3 Å². The zero-order valence-corrected chi connectivity index (χ0v) is 8.23. The Morgan fingerprint density at radius 3 is 3.17 bits per heavy atom. The second-order valence-corrected chi connectivity index (χ2v) is 3.67. The molecule has 0 aliphatic carbocycles. The molecule has 68 valence electrons. The molecular weight excluding hydrogens is 172 g/mol. The van der Waals surface area contributed by atoms with Gasteiger partial charge in [-0.2, -0.15) is 0 Å². The van der Waals surface area contributed by atoms with E-state index in [-0.39, 0.29) is 0 Å². The van der Waals surface area contributed by atoms with Crippen molar-refractivity contribution in [3.8, 4) is 0 Å². The zero-order chi connectivity index (χ0) is 8.81. The third-order valence-corrected chi connectivity index (χ3v) is 2.57. The molecule has 0 saturated heterocycles. The predicted molar refractivity (Wildman–Crippen MR) is 50.4 cm³/mol. The quantitative estimate of drug-likeness (QED) is 0.711. The summed E-state index contributed by atoms with van der Waals surface area (Å²) in [5.41, 5.74) is 0. The Kier molecular flexibility index (Phi) is 4.18. The first kappa shape index (κ1) is 9.61. The fourth-order valence-corrected chi connectivity index (χ4v) is 1.65. The van der Waals surface area contributed by atoms with Crippen LogP contribution in [0.5, 0.6) is 0 Å². The van der Waals surface area contributed by atoms with Gasteiger partial charge < -0.3 is 9.73 Å². The molecule has 4 heteroatoms. The van der Waals surface area contributed by atoms with E-state index in [0.29, 0.717) is 6.04 Å². The number of nitrogens with zero attached hydrogens (tertiary/aromatic N) is 1. The lowest BCUT2D eigenvalue weighted by molar-refractivity contribution is 0.453. The van der Waals surface area contributed by atoms with Crippen molar-refractivity contribution >= 4 is 11.8 Å². The van der Waals surface area contributed by atoms with E-state index in [1.54, 1.807) is 24.2 Å². The molecule has 1 aromatic heterocycles. The fourth-order valence-electron chi connectivity index (χ4n) is 0.749. The van der Waals surface area contributed by atoms with E-state index in [4.69, 9.17) is 4.42 Å². The van der Waals surface area contributed by atoms with Gasteiger partial charge in [0, 0.05) is 11.8 Å². The van der Waals surface area contributed by atoms with Gasteiger partial charge in [0.05, 0.1) is 6.20 Å². The smallest absolute Gasteiger partial charge is 0.255 e. The van der Waals surface area contributed by atoms with Crippen molar-refractivity contribution in [2.75, 3.05) is 12.8 Å². The Balaban J connectivity index is 2.11. The molecule has 12 heavy (non-hydrogen) atoms. The van der Waals surface area contributed by atoms with Crippen LogP contribution in [0.25, 0.3) is 0 Å². The average Bonchev–Trinajstić information content (AvgIpc) is 2.57. The summed E-state index contributed by atoms with van der Waals surface area (Å²) >= 11 is 1.65. The van der Waals surface area contributed by atoms with Crippen molar-refractivity contribution in [2.24, 2.45) is 0 Å². The summed E-state index contributed by atoms with van der Waals surface area (Å²) in [5, 5.41) is 3.94. The number of oxazole rings is 1. The van der Waals surface area contributed by atoms with Crippen LogP contribution in [0.2, 0.25) is 0 Å². The van der Waals surface area contributed by atoms with Gasteiger partial charge in [0.1, 0.15) is 6.26 Å². The highest BCUT2D eigenvalue weighted by Crippen LogP contribution is 2.15. The van der Waals surface area contributed by atoms with E-state index in [1.165, 1.54) is 0 Å². The molecular formula is C8H14N2OS. The topological polar surface area (TPSA) is 38.1 Å². The van der Waals surface area contributed by atoms with Crippen LogP contribution in [0.15, 0.2) is 22.1 Å². The Morgan fingerprint density at radius 1 is 1.75 bits per heavy atom. The summed E-state index contributed by atoms with van der Waals surface area (Å²) in [4.78, 5) is 4.01. The molecule has 1 aromatic rings. The summed E-state index contributed by atoms with van der Waals surface area (Å²) in [6.07, 6.45) is 4.40. The molecule has 0 aliphatic rings. The minimum absolute atomic E-state index is 0.562. The Bertz CT molecular complexity index is 201. The molecule has 0 spiro atoms. The third-order valence-electron chi connectivity index (χ3n) is 1.68. The predicted octanol–water partition coefficient (Wildman–Crippen LogP) is 1.76. The van der Waals surface area contributed by atoms with Gasteiger partial charge in [-0.3, -0.25) is 0 Å². The number of nitrogens with one attached hydrogen (secondary N) is 1. The van der Waals surface area contributed by atoms with Gasteiger partial charge in [-0.05, 0) is 20.4 Å². The van der Waals surface area contributed by atoms with Gasteiger partial charge in [-0.25, -0.2) is 4.98 Å². The van der Waals surface area contributed by atoms with Crippen molar-refractivity contribution in [1.82, 2.24) is 10.3 Å². The molecule has 1 N–H and O–H groups in total. The summed E-state index contributed by atoms with van der Waals surface area (Å²) in [6.45, 7) is 2.16. The number of hydrogen-bond acceptors (Lipinski definition) is 4. The van der Waals surface area contributed by atoms with Crippen LogP contribution in [0, 0.1) is 0 Å². The lowest BCUT2D eigenvalue weighted by atomic mass is 10.3. The molecule has 1 unspecified atom stereocenters. The highest BCUT2D eigenvalue weighted by atomic mass is 32.2. The minimum atomic E-state index is 0.562. The highest BCUT2D eigenvalue weighted by Gasteiger charge is 2.01. The molecule has 0 aliphatic heterocycles. The average molecular weight is 186 g/mol. The van der Waals surface area contributed by atoms with Gasteiger partial charge in [0.25, 0.3) is 5.22 Å². The normalized spacial score (nSPS) is 13.2. The molecule has 0 bridgehead atoms. The number of aromatic nitrogens is 1. The van der Waals surface area contributed by atoms with Gasteiger partial charge in [0.2, 0.25) is 0 Å². The van der Waals surface area contributed by atoms with Crippen LogP contribution in [0.4, 0.5) is 0 Å². The van der Waals surface area contributed by atoms with Crippen molar-refractivity contribution in [1.29, 1.82) is 0 Å². The SMILES string of the molecule is CNC(C)CCSc1ncco1. The largest absolute Gasteiger partial charge is 0.440 e. The molecule has 0 radical (unpaired) electrons. The monoisotopic (exact) mass is 186 g/mol. The van der Waals surface area contributed by atoms with Crippen LogP contribution in [-0.4, -0.2) is 23.8 Å². The van der Waals surface area contributed by atoms with E-state index in [1.807, 2.05) is 7.05 Å². The van der Waals surface area contributed by atoms with E-state index in [9.17, 15) is 0 Å². The Hall–Kier alpha value is -0.480. The second-order valence-electron chi connectivity index (χ2n) is 2.62. The first-order valence-electron chi connectivity index (χ1n) is 4.02. The summed E-state index contributed by atoms with van der Waals surface area (Å²) in [5.74, 6) is 1.04. The Labute approximate surface area is 76.9 Å². The molecule has 3 nitrogen and oxygen atoms in total. The number of thioether (sulfide) groups is 1. The number of rotatable bonds is 5. The van der Waals surface area contributed by atoms with Crippen LogP contribution < -0.4 is 5.32 Å². The third kappa shape index (κ3) is 3.28. The maximum atomic E-state index is 5.08. The number of hydrogen-bond donors (Lipinski definition) is 1. The molecule has 1 heterocycles. The van der Waals surface area contributed by atoms with Gasteiger partial charge in [0.15, 0.2) is 0 Å². The molecule has 0 amide bonds. The van der Waals surface area contributed by atoms with E-state index >= 15 is 0 Å². The highest BCUT2D eigenvalue weighted by molar-refractivity contribution is 7.99. The van der Waals surface area contributed by atoms with Gasteiger partial charge in [-0.1, -0.05) is 11.8 Å². The second kappa shape index (κ2) is 5.22. The molecule has 0 fully saturated rings. The van der Waals surface area contributed by atoms with Crippen molar-refractivity contribution in [3.63, 3.8) is 0 Å². The van der Waals surface area contributed by atoms with Crippen LogP contribution in [0.3, 0.4) is 0 Å². The first-order valence-corrected chi connectivity index (χ1v) is 5.01. The maximum Gasteiger partial charge on any atom is 0.255 e. The standard InChI is InChI=1S/C8H14N2OS/c1-7(9-2)3-6-12-8-10-4-5-11-8/h4-5,7,9H,3,6H2,1-2H3. The van der Waals surface area contributed by atoms with Crippen LogP contribution in [-0.2, 0) is 0 Å². The van der Waals surface area contributed by atoms with Gasteiger partial charge in [-0.15, -0.1) is 0 Å².